The first-order chi connectivity index (χ1) is 8.26. The summed E-state index contributed by atoms with van der Waals surface area (Å²) in [6.07, 6.45) is 0.270. The molecule has 0 N–H and O–H groups in total. The van der Waals surface area contributed by atoms with Crippen LogP contribution in [0.5, 0.6) is 0 Å². The maximum absolute atomic E-state index is 10.9. The molecule has 17 heavy (non-hydrogen) atoms. The van der Waals surface area contributed by atoms with Gasteiger partial charge in [-0.1, -0.05) is 36.9 Å². The van der Waals surface area contributed by atoms with Crippen LogP contribution in [0.1, 0.15) is 5.56 Å². The van der Waals surface area contributed by atoms with Crippen LogP contribution < -0.4 is 0 Å². The molecule has 4 nitrogen and oxygen atoms in total. The van der Waals surface area contributed by atoms with Crippen LogP contribution in [0.15, 0.2) is 43.0 Å². The highest BCUT2D eigenvalue weighted by atomic mass is 16.7. The number of hydrogen-bond acceptors (Lipinski definition) is 4. The molecule has 0 radical (unpaired) electrons. The second kappa shape index (κ2) is 7.46. The van der Waals surface area contributed by atoms with Crippen molar-refractivity contribution in [1.29, 1.82) is 0 Å². The molecular formula is C13H16O4. The van der Waals surface area contributed by atoms with Crippen LogP contribution in [-0.2, 0) is 20.8 Å². The number of hydrogen-bond donors (Lipinski definition) is 0. The largest absolute Gasteiger partial charge is 0.508 e. The Kier molecular flexibility index (Phi) is 5.82. The number of methoxy groups -OCH3 is 1. The van der Waals surface area contributed by atoms with E-state index in [-0.39, 0.29) is 6.61 Å². The van der Waals surface area contributed by atoms with Gasteiger partial charge in [-0.25, -0.2) is 4.79 Å². The molecule has 0 aliphatic heterocycles. The summed E-state index contributed by atoms with van der Waals surface area (Å²) in [5.41, 5.74) is 1.06. The molecule has 0 amide bonds. The predicted molar refractivity (Wildman–Crippen MR) is 63.6 cm³/mol. The number of carbonyl (C=O) groups is 1. The van der Waals surface area contributed by atoms with Crippen molar-refractivity contribution in [1.82, 2.24) is 0 Å². The monoisotopic (exact) mass is 236 g/mol. The molecule has 0 spiro atoms. The van der Waals surface area contributed by atoms with Crippen molar-refractivity contribution in [3.05, 3.63) is 48.6 Å². The molecule has 1 aromatic carbocycles. The van der Waals surface area contributed by atoms with E-state index in [0.717, 1.165) is 5.56 Å². The Balaban J connectivity index is 2.29. The minimum Gasteiger partial charge on any atom is -0.438 e. The number of rotatable bonds is 6. The average molecular weight is 236 g/mol. The maximum atomic E-state index is 10.9. The second-order valence-corrected chi connectivity index (χ2v) is 3.35. The van der Waals surface area contributed by atoms with Crippen LogP contribution in [0, 0.1) is 0 Å². The van der Waals surface area contributed by atoms with Gasteiger partial charge in [0, 0.05) is 0 Å². The highest BCUT2D eigenvalue weighted by Gasteiger charge is 2.10. The zero-order chi connectivity index (χ0) is 12.5. The third-order valence-electron chi connectivity index (χ3n) is 2.07. The summed E-state index contributed by atoms with van der Waals surface area (Å²) >= 11 is 0. The van der Waals surface area contributed by atoms with E-state index in [1.54, 1.807) is 0 Å². The fraction of sp³-hybridized carbons (Fsp3) is 0.308. The first-order valence-electron chi connectivity index (χ1n) is 5.25. The Morgan fingerprint density at radius 2 is 2.12 bits per heavy atom. The standard InChI is InChI=1S/C13H16O4/c1-3-12(17-13(14)15-2)10-16-9-11-7-5-4-6-8-11/h3-8,12H,1,9-10H2,2H3/t12-/m1/s1. The number of ether oxygens (including phenoxy) is 3. The topological polar surface area (TPSA) is 44.8 Å². The zero-order valence-corrected chi connectivity index (χ0v) is 9.80. The van der Waals surface area contributed by atoms with Crippen molar-refractivity contribution in [2.75, 3.05) is 13.7 Å². The molecule has 0 unspecified atom stereocenters. The Morgan fingerprint density at radius 1 is 1.41 bits per heavy atom. The summed E-state index contributed by atoms with van der Waals surface area (Å²) in [7, 11) is 1.26. The summed E-state index contributed by atoms with van der Waals surface area (Å²) in [5, 5.41) is 0. The van der Waals surface area contributed by atoms with E-state index in [0.29, 0.717) is 6.61 Å². The minimum atomic E-state index is -0.738. The lowest BCUT2D eigenvalue weighted by atomic mass is 10.2. The highest BCUT2D eigenvalue weighted by Crippen LogP contribution is 2.03. The van der Waals surface area contributed by atoms with Crippen LogP contribution in [0.2, 0.25) is 0 Å². The van der Waals surface area contributed by atoms with E-state index in [2.05, 4.69) is 11.3 Å². The molecule has 0 heterocycles. The smallest absolute Gasteiger partial charge is 0.438 e. The van der Waals surface area contributed by atoms with Crippen LogP contribution in [0.4, 0.5) is 4.79 Å². The van der Waals surface area contributed by atoms with Crippen LogP contribution in [-0.4, -0.2) is 26.0 Å². The minimum absolute atomic E-state index is 0.257. The number of benzene rings is 1. The Morgan fingerprint density at radius 3 is 2.71 bits per heavy atom. The fourth-order valence-corrected chi connectivity index (χ4v) is 1.19. The summed E-state index contributed by atoms with van der Waals surface area (Å²) in [6, 6.07) is 9.74. The number of carbonyl (C=O) groups excluding carboxylic acids is 1. The van der Waals surface area contributed by atoms with Gasteiger partial charge in [-0.05, 0) is 11.6 Å². The Labute approximate surface area is 101 Å². The molecule has 0 saturated carbocycles. The molecule has 1 aromatic rings. The van der Waals surface area contributed by atoms with Gasteiger partial charge in [-0.3, -0.25) is 0 Å². The predicted octanol–water partition coefficient (Wildman–Crippen LogP) is 2.54. The molecule has 92 valence electrons. The van der Waals surface area contributed by atoms with Crippen molar-refractivity contribution < 1.29 is 19.0 Å². The summed E-state index contributed by atoms with van der Waals surface area (Å²) in [4.78, 5) is 10.9. The highest BCUT2D eigenvalue weighted by molar-refractivity contribution is 5.60. The molecule has 1 atom stereocenters. The molecule has 0 saturated heterocycles. The van der Waals surface area contributed by atoms with Gasteiger partial charge in [0.25, 0.3) is 0 Å². The van der Waals surface area contributed by atoms with Crippen molar-refractivity contribution >= 4 is 6.16 Å². The van der Waals surface area contributed by atoms with Gasteiger partial charge in [-0.2, -0.15) is 0 Å². The van der Waals surface area contributed by atoms with Crippen molar-refractivity contribution in [2.24, 2.45) is 0 Å². The van der Waals surface area contributed by atoms with Gasteiger partial charge < -0.3 is 14.2 Å². The van der Waals surface area contributed by atoms with E-state index in [1.807, 2.05) is 30.3 Å². The molecular weight excluding hydrogens is 220 g/mol. The maximum Gasteiger partial charge on any atom is 0.508 e. The van der Waals surface area contributed by atoms with Gasteiger partial charge >= 0.3 is 6.16 Å². The summed E-state index contributed by atoms with van der Waals surface area (Å²) < 4.78 is 14.7. The molecule has 4 heteroatoms. The second-order valence-electron chi connectivity index (χ2n) is 3.35. The summed E-state index contributed by atoms with van der Waals surface area (Å²) in [5.74, 6) is 0. The Hall–Kier alpha value is -1.81. The lowest BCUT2D eigenvalue weighted by Crippen LogP contribution is -2.21. The van der Waals surface area contributed by atoms with Gasteiger partial charge in [-0.15, -0.1) is 0 Å². The first kappa shape index (κ1) is 13.3. The van der Waals surface area contributed by atoms with Crippen molar-refractivity contribution in [2.45, 2.75) is 12.7 Å². The van der Waals surface area contributed by atoms with Gasteiger partial charge in [0.2, 0.25) is 0 Å². The van der Waals surface area contributed by atoms with E-state index in [9.17, 15) is 4.79 Å². The molecule has 0 aliphatic carbocycles. The van der Waals surface area contributed by atoms with Crippen LogP contribution in [0.25, 0.3) is 0 Å². The van der Waals surface area contributed by atoms with Crippen molar-refractivity contribution in [3.8, 4) is 0 Å². The summed E-state index contributed by atoms with van der Waals surface area (Å²) in [6.45, 7) is 4.29. The quantitative estimate of drug-likeness (QED) is 0.562. The molecule has 0 aliphatic rings. The first-order valence-corrected chi connectivity index (χ1v) is 5.25. The molecule has 0 fully saturated rings. The fourth-order valence-electron chi connectivity index (χ4n) is 1.19. The van der Waals surface area contributed by atoms with E-state index in [1.165, 1.54) is 13.2 Å². The third-order valence-corrected chi connectivity index (χ3v) is 2.07. The molecule has 0 bridgehead atoms. The van der Waals surface area contributed by atoms with E-state index >= 15 is 0 Å². The third kappa shape index (κ3) is 5.17. The normalized spacial score (nSPS) is 11.6. The Bertz CT molecular complexity index is 348. The van der Waals surface area contributed by atoms with E-state index < -0.39 is 12.3 Å². The van der Waals surface area contributed by atoms with Gasteiger partial charge in [0.15, 0.2) is 0 Å². The van der Waals surface area contributed by atoms with Crippen molar-refractivity contribution in [3.63, 3.8) is 0 Å². The average Bonchev–Trinajstić information content (AvgIpc) is 2.38. The SMILES string of the molecule is C=C[C@H](COCc1ccccc1)OC(=O)OC. The molecule has 0 aromatic heterocycles. The molecule has 1 rings (SSSR count). The van der Waals surface area contributed by atoms with Crippen LogP contribution >= 0.6 is 0 Å². The van der Waals surface area contributed by atoms with Gasteiger partial charge in [0.05, 0.1) is 20.3 Å². The zero-order valence-electron chi connectivity index (χ0n) is 9.80. The van der Waals surface area contributed by atoms with E-state index in [4.69, 9.17) is 9.47 Å². The van der Waals surface area contributed by atoms with Crippen LogP contribution in [0.3, 0.4) is 0 Å². The van der Waals surface area contributed by atoms with Gasteiger partial charge in [0.1, 0.15) is 6.10 Å². The lowest BCUT2D eigenvalue weighted by molar-refractivity contribution is 0.00525. The lowest BCUT2D eigenvalue weighted by Gasteiger charge is -2.13.